The van der Waals surface area contributed by atoms with Crippen LogP contribution in [-0.4, -0.2) is 14.8 Å². The molecule has 0 atom stereocenters. The van der Waals surface area contributed by atoms with Crippen molar-refractivity contribution >= 4 is 28.2 Å². The molecule has 0 radical (unpaired) electrons. The van der Waals surface area contributed by atoms with E-state index >= 15 is 0 Å². The van der Waals surface area contributed by atoms with Gasteiger partial charge < -0.3 is 5.73 Å². The molecular formula is C14H13ClN4. The van der Waals surface area contributed by atoms with Gasteiger partial charge in [-0.2, -0.15) is 5.10 Å². The van der Waals surface area contributed by atoms with Crippen LogP contribution in [0.5, 0.6) is 0 Å². The maximum atomic E-state index is 6.16. The van der Waals surface area contributed by atoms with E-state index in [1.54, 1.807) is 4.68 Å². The predicted octanol–water partition coefficient (Wildman–Crippen LogP) is 3.27. The molecule has 0 saturated carbocycles. The molecule has 2 heterocycles. The summed E-state index contributed by atoms with van der Waals surface area (Å²) in [5, 5.41) is 6.09. The van der Waals surface area contributed by atoms with E-state index in [-0.39, 0.29) is 0 Å². The Balaban J connectivity index is 2.20. The molecule has 0 aliphatic heterocycles. The summed E-state index contributed by atoms with van der Waals surface area (Å²) >= 11 is 6.16. The third-order valence-electron chi connectivity index (χ3n) is 3.12. The van der Waals surface area contributed by atoms with Gasteiger partial charge in [0.15, 0.2) is 5.82 Å². The summed E-state index contributed by atoms with van der Waals surface area (Å²) in [6.45, 7) is 3.81. The fraction of sp³-hybridized carbons (Fsp3) is 0.143. The van der Waals surface area contributed by atoms with Crippen molar-refractivity contribution < 1.29 is 0 Å². The van der Waals surface area contributed by atoms with Gasteiger partial charge in [0, 0.05) is 11.1 Å². The molecule has 1 aromatic carbocycles. The number of pyridine rings is 1. The molecule has 0 bridgehead atoms. The van der Waals surface area contributed by atoms with Crippen LogP contribution in [0.25, 0.3) is 16.7 Å². The molecule has 4 nitrogen and oxygen atoms in total. The van der Waals surface area contributed by atoms with Crippen LogP contribution in [0.2, 0.25) is 5.02 Å². The maximum absolute atomic E-state index is 6.16. The Labute approximate surface area is 115 Å². The minimum Gasteiger partial charge on any atom is -0.399 e. The Hall–Kier alpha value is -2.07. The average Bonchev–Trinajstić information content (AvgIpc) is 2.66. The molecule has 96 valence electrons. The van der Waals surface area contributed by atoms with Crippen molar-refractivity contribution in [3.63, 3.8) is 0 Å². The number of benzene rings is 1. The number of anilines is 1. The quantitative estimate of drug-likeness (QED) is 0.692. The van der Waals surface area contributed by atoms with Crippen LogP contribution in [0.15, 0.2) is 30.3 Å². The molecule has 3 rings (SSSR count). The third kappa shape index (κ3) is 1.94. The number of rotatable bonds is 1. The van der Waals surface area contributed by atoms with E-state index in [1.165, 1.54) is 0 Å². The largest absolute Gasteiger partial charge is 0.399 e. The van der Waals surface area contributed by atoms with Gasteiger partial charge in [0.1, 0.15) is 0 Å². The lowest BCUT2D eigenvalue weighted by atomic mass is 10.2. The van der Waals surface area contributed by atoms with E-state index in [0.717, 1.165) is 33.8 Å². The highest BCUT2D eigenvalue weighted by atomic mass is 35.5. The molecule has 0 aliphatic rings. The van der Waals surface area contributed by atoms with Crippen LogP contribution in [0.3, 0.4) is 0 Å². The number of aromatic nitrogens is 3. The van der Waals surface area contributed by atoms with E-state index in [1.807, 2.05) is 44.2 Å². The molecule has 0 aliphatic carbocycles. The number of hydrogen-bond donors (Lipinski definition) is 1. The van der Waals surface area contributed by atoms with Crippen molar-refractivity contribution in [2.45, 2.75) is 13.8 Å². The van der Waals surface area contributed by atoms with Crippen LogP contribution in [0.1, 0.15) is 11.4 Å². The average molecular weight is 273 g/mol. The SMILES string of the molecule is Cc1nn(-c2ccc3cc(N)ccc3n2)c(C)c1Cl. The second-order valence-electron chi connectivity index (χ2n) is 4.52. The topological polar surface area (TPSA) is 56.7 Å². The molecule has 0 fully saturated rings. The summed E-state index contributed by atoms with van der Waals surface area (Å²) in [6, 6.07) is 9.55. The number of nitrogens with two attached hydrogens (primary N) is 1. The summed E-state index contributed by atoms with van der Waals surface area (Å²) < 4.78 is 1.76. The predicted molar refractivity (Wildman–Crippen MR) is 77.8 cm³/mol. The van der Waals surface area contributed by atoms with Crippen molar-refractivity contribution in [3.8, 4) is 5.82 Å². The molecule has 0 unspecified atom stereocenters. The molecule has 5 heteroatoms. The van der Waals surface area contributed by atoms with Gasteiger partial charge in [-0.1, -0.05) is 11.6 Å². The van der Waals surface area contributed by atoms with Crippen LogP contribution in [-0.2, 0) is 0 Å². The second-order valence-corrected chi connectivity index (χ2v) is 4.90. The molecule has 0 amide bonds. The Bertz CT molecular complexity index is 776. The fourth-order valence-corrected chi connectivity index (χ4v) is 2.22. The monoisotopic (exact) mass is 272 g/mol. The van der Waals surface area contributed by atoms with Crippen LogP contribution < -0.4 is 5.73 Å². The number of hydrogen-bond acceptors (Lipinski definition) is 3. The smallest absolute Gasteiger partial charge is 0.154 e. The summed E-state index contributed by atoms with van der Waals surface area (Å²) in [5.74, 6) is 0.754. The summed E-state index contributed by atoms with van der Waals surface area (Å²) in [4.78, 5) is 4.59. The highest BCUT2D eigenvalue weighted by Gasteiger charge is 2.11. The molecular weight excluding hydrogens is 260 g/mol. The Kier molecular flexibility index (Phi) is 2.68. The van der Waals surface area contributed by atoms with Crippen molar-refractivity contribution in [3.05, 3.63) is 46.7 Å². The molecule has 2 aromatic heterocycles. The molecule has 0 spiro atoms. The first-order valence-corrected chi connectivity index (χ1v) is 6.32. The minimum absolute atomic E-state index is 0.680. The zero-order valence-corrected chi connectivity index (χ0v) is 11.4. The first-order chi connectivity index (χ1) is 9.06. The van der Waals surface area contributed by atoms with E-state index in [0.29, 0.717) is 5.02 Å². The molecule has 0 saturated heterocycles. The standard InChI is InChI=1S/C14H13ClN4/c1-8-14(15)9(2)19(18-8)13-6-3-10-7-11(16)4-5-12(10)17-13/h3-7H,16H2,1-2H3. The van der Waals surface area contributed by atoms with Crippen molar-refractivity contribution in [1.82, 2.24) is 14.8 Å². The number of halogens is 1. The highest BCUT2D eigenvalue weighted by Crippen LogP contribution is 2.23. The van der Waals surface area contributed by atoms with Crippen LogP contribution >= 0.6 is 11.6 Å². The van der Waals surface area contributed by atoms with Crippen molar-refractivity contribution in [2.24, 2.45) is 0 Å². The van der Waals surface area contributed by atoms with Gasteiger partial charge in [0.25, 0.3) is 0 Å². The number of nitrogens with zero attached hydrogens (tertiary/aromatic N) is 3. The number of aryl methyl sites for hydroxylation is 1. The van der Waals surface area contributed by atoms with Gasteiger partial charge in [-0.15, -0.1) is 0 Å². The molecule has 19 heavy (non-hydrogen) atoms. The van der Waals surface area contributed by atoms with E-state index in [2.05, 4.69) is 10.1 Å². The van der Waals surface area contributed by atoms with Crippen molar-refractivity contribution in [2.75, 3.05) is 5.73 Å². The summed E-state index contributed by atoms with van der Waals surface area (Å²) in [5.41, 5.74) is 9.07. The molecule has 3 aromatic rings. The first-order valence-electron chi connectivity index (χ1n) is 5.94. The van der Waals surface area contributed by atoms with E-state index in [9.17, 15) is 0 Å². The Morgan fingerprint density at radius 2 is 1.95 bits per heavy atom. The van der Waals surface area contributed by atoms with Crippen LogP contribution in [0, 0.1) is 13.8 Å². The number of fused-ring (bicyclic) bond motifs is 1. The summed E-state index contributed by atoms with van der Waals surface area (Å²) in [6.07, 6.45) is 0. The van der Waals surface area contributed by atoms with E-state index in [4.69, 9.17) is 17.3 Å². The Morgan fingerprint density at radius 1 is 1.16 bits per heavy atom. The maximum Gasteiger partial charge on any atom is 0.154 e. The van der Waals surface area contributed by atoms with Gasteiger partial charge in [-0.05, 0) is 44.2 Å². The minimum atomic E-state index is 0.680. The third-order valence-corrected chi connectivity index (χ3v) is 3.67. The molecule has 2 N–H and O–H groups in total. The number of nitrogen functional groups attached to an aromatic ring is 1. The van der Waals surface area contributed by atoms with Gasteiger partial charge >= 0.3 is 0 Å². The highest BCUT2D eigenvalue weighted by molar-refractivity contribution is 6.31. The van der Waals surface area contributed by atoms with Crippen molar-refractivity contribution in [1.29, 1.82) is 0 Å². The second kappa shape index (κ2) is 4.24. The summed E-state index contributed by atoms with van der Waals surface area (Å²) in [7, 11) is 0. The lowest BCUT2D eigenvalue weighted by Gasteiger charge is -2.05. The van der Waals surface area contributed by atoms with Gasteiger partial charge in [0.2, 0.25) is 0 Å². The lowest BCUT2D eigenvalue weighted by Crippen LogP contribution is -2.02. The van der Waals surface area contributed by atoms with Gasteiger partial charge in [0.05, 0.1) is 21.9 Å². The fourth-order valence-electron chi connectivity index (χ4n) is 2.10. The Morgan fingerprint density at radius 3 is 2.63 bits per heavy atom. The van der Waals surface area contributed by atoms with Gasteiger partial charge in [-0.3, -0.25) is 0 Å². The van der Waals surface area contributed by atoms with E-state index < -0.39 is 0 Å². The van der Waals surface area contributed by atoms with Crippen LogP contribution in [0.4, 0.5) is 5.69 Å². The normalized spacial score (nSPS) is 11.1. The first kappa shape index (κ1) is 12.0. The zero-order chi connectivity index (χ0) is 13.6. The zero-order valence-electron chi connectivity index (χ0n) is 10.7. The lowest BCUT2D eigenvalue weighted by molar-refractivity contribution is 0.810. The van der Waals surface area contributed by atoms with Gasteiger partial charge in [-0.25, -0.2) is 9.67 Å².